The summed E-state index contributed by atoms with van der Waals surface area (Å²) in [5.41, 5.74) is 0.233. The van der Waals surface area contributed by atoms with Crippen LogP contribution in [0.1, 0.15) is 50.4 Å². The lowest BCUT2D eigenvalue weighted by Crippen LogP contribution is -2.50. The van der Waals surface area contributed by atoms with E-state index in [0.717, 1.165) is 0 Å². The number of carbonyl (C=O) groups excluding carboxylic acids is 4. The van der Waals surface area contributed by atoms with Gasteiger partial charge in [0.1, 0.15) is 0 Å². The predicted octanol–water partition coefficient (Wildman–Crippen LogP) is 1.17. The number of hydrogen-bond donors (Lipinski definition) is 2. The van der Waals surface area contributed by atoms with Crippen molar-refractivity contribution in [3.63, 3.8) is 0 Å². The second-order valence-electron chi connectivity index (χ2n) is 9.29. The first-order valence-electron chi connectivity index (χ1n) is 10.9. The first-order chi connectivity index (χ1) is 14.6. The number of nitrogens with one attached hydrogen (secondary N) is 2. The number of amides is 4. The van der Waals surface area contributed by atoms with Gasteiger partial charge in [0.2, 0.25) is 17.7 Å². The van der Waals surface area contributed by atoms with Crippen molar-refractivity contribution in [3.05, 3.63) is 35.9 Å². The molecule has 2 aliphatic rings. The molecule has 0 spiro atoms. The van der Waals surface area contributed by atoms with Crippen LogP contribution in [0.3, 0.4) is 0 Å². The summed E-state index contributed by atoms with van der Waals surface area (Å²) in [6, 6.07) is 8.72. The van der Waals surface area contributed by atoms with Gasteiger partial charge in [-0.05, 0) is 45.7 Å². The molecule has 2 saturated heterocycles. The third kappa shape index (κ3) is 5.83. The van der Waals surface area contributed by atoms with Crippen LogP contribution in [-0.4, -0.2) is 71.2 Å². The second-order valence-corrected chi connectivity index (χ2v) is 9.29. The first-order valence-corrected chi connectivity index (χ1v) is 10.9. The van der Waals surface area contributed by atoms with Crippen molar-refractivity contribution in [1.29, 1.82) is 0 Å². The molecule has 3 rings (SSSR count). The fraction of sp³-hybridized carbons (Fsp3) is 0.565. The van der Waals surface area contributed by atoms with E-state index in [2.05, 4.69) is 10.6 Å². The van der Waals surface area contributed by atoms with E-state index in [0.29, 0.717) is 38.0 Å². The molecule has 8 nitrogen and oxygen atoms in total. The van der Waals surface area contributed by atoms with Crippen molar-refractivity contribution < 1.29 is 19.2 Å². The fourth-order valence-electron chi connectivity index (χ4n) is 4.15. The number of benzene rings is 1. The van der Waals surface area contributed by atoms with Gasteiger partial charge in [-0.25, -0.2) is 0 Å². The molecule has 0 aliphatic carbocycles. The SMILES string of the molecule is CC(C)(C)N1CC(C(=O)N2CCC(NC(=O)CNC(=O)c3ccccc3)CC2)CC1=O. The minimum absolute atomic E-state index is 0.0264. The van der Waals surface area contributed by atoms with Gasteiger partial charge in [0, 0.05) is 43.2 Å². The smallest absolute Gasteiger partial charge is 0.251 e. The Labute approximate surface area is 183 Å². The molecule has 8 heteroatoms. The molecule has 1 aromatic rings. The van der Waals surface area contributed by atoms with E-state index in [1.54, 1.807) is 29.2 Å². The lowest BCUT2D eigenvalue weighted by molar-refractivity contribution is -0.137. The van der Waals surface area contributed by atoms with E-state index >= 15 is 0 Å². The molecule has 2 aliphatic heterocycles. The lowest BCUT2D eigenvalue weighted by atomic mass is 10.0. The molecule has 0 saturated carbocycles. The van der Waals surface area contributed by atoms with Gasteiger partial charge in [-0.15, -0.1) is 0 Å². The molecular formula is C23H32N4O4. The van der Waals surface area contributed by atoms with Gasteiger partial charge >= 0.3 is 0 Å². The topological polar surface area (TPSA) is 98.8 Å². The molecule has 0 radical (unpaired) electrons. The summed E-state index contributed by atoms with van der Waals surface area (Å²) in [5, 5.41) is 5.56. The zero-order chi connectivity index (χ0) is 22.6. The van der Waals surface area contributed by atoms with E-state index in [4.69, 9.17) is 0 Å². The van der Waals surface area contributed by atoms with Gasteiger partial charge in [0.05, 0.1) is 12.5 Å². The summed E-state index contributed by atoms with van der Waals surface area (Å²) in [7, 11) is 0. The molecule has 0 bridgehead atoms. The average molecular weight is 429 g/mol. The highest BCUT2D eigenvalue weighted by Gasteiger charge is 2.41. The molecule has 1 unspecified atom stereocenters. The Hall–Kier alpha value is -2.90. The Kier molecular flexibility index (Phi) is 6.97. The summed E-state index contributed by atoms with van der Waals surface area (Å²) >= 11 is 0. The summed E-state index contributed by atoms with van der Waals surface area (Å²) in [4.78, 5) is 53.0. The van der Waals surface area contributed by atoms with Gasteiger partial charge in [0.25, 0.3) is 5.91 Å². The number of piperidine rings is 1. The second kappa shape index (κ2) is 9.49. The van der Waals surface area contributed by atoms with Crippen LogP contribution in [-0.2, 0) is 14.4 Å². The molecule has 1 aromatic carbocycles. The molecule has 1 atom stereocenters. The maximum Gasteiger partial charge on any atom is 0.251 e. The van der Waals surface area contributed by atoms with Crippen LogP contribution in [0.4, 0.5) is 0 Å². The molecule has 31 heavy (non-hydrogen) atoms. The van der Waals surface area contributed by atoms with Gasteiger partial charge < -0.3 is 20.4 Å². The fourth-order valence-corrected chi connectivity index (χ4v) is 4.15. The van der Waals surface area contributed by atoms with Gasteiger partial charge in [0.15, 0.2) is 0 Å². The van der Waals surface area contributed by atoms with Crippen molar-refractivity contribution in [1.82, 2.24) is 20.4 Å². The Morgan fingerprint density at radius 1 is 1.06 bits per heavy atom. The highest BCUT2D eigenvalue weighted by molar-refractivity contribution is 5.96. The van der Waals surface area contributed by atoms with Crippen molar-refractivity contribution in [2.75, 3.05) is 26.2 Å². The summed E-state index contributed by atoms with van der Waals surface area (Å²) in [6.07, 6.45) is 1.59. The number of carbonyl (C=O) groups is 4. The molecule has 168 valence electrons. The first kappa shape index (κ1) is 22.8. The lowest BCUT2D eigenvalue weighted by Gasteiger charge is -2.35. The number of hydrogen-bond acceptors (Lipinski definition) is 4. The molecular weight excluding hydrogens is 396 g/mol. The maximum atomic E-state index is 12.9. The zero-order valence-corrected chi connectivity index (χ0v) is 18.5. The number of likely N-dealkylation sites (tertiary alicyclic amines) is 2. The van der Waals surface area contributed by atoms with Crippen molar-refractivity contribution >= 4 is 23.6 Å². The standard InChI is InChI=1S/C23H32N4O4/c1-23(2,3)27-15-17(13-20(27)29)22(31)26-11-9-18(10-12-26)25-19(28)14-24-21(30)16-7-5-4-6-8-16/h4-8,17-18H,9-15H2,1-3H3,(H,24,30)(H,25,28). The molecule has 2 heterocycles. The van der Waals surface area contributed by atoms with Gasteiger partial charge in [-0.1, -0.05) is 18.2 Å². The van der Waals surface area contributed by atoms with Crippen molar-refractivity contribution in [2.45, 2.75) is 51.6 Å². The van der Waals surface area contributed by atoms with Gasteiger partial charge in [-0.3, -0.25) is 19.2 Å². The van der Waals surface area contributed by atoms with Crippen LogP contribution in [0.5, 0.6) is 0 Å². The predicted molar refractivity (Wildman–Crippen MR) is 116 cm³/mol. The third-order valence-electron chi connectivity index (χ3n) is 5.90. The van der Waals surface area contributed by atoms with Crippen LogP contribution in [0.15, 0.2) is 30.3 Å². The Bertz CT molecular complexity index is 826. The van der Waals surface area contributed by atoms with E-state index in [1.165, 1.54) is 0 Å². The summed E-state index contributed by atoms with van der Waals surface area (Å²) in [5.74, 6) is -0.751. The van der Waals surface area contributed by atoms with Crippen LogP contribution in [0.25, 0.3) is 0 Å². The Morgan fingerprint density at radius 2 is 1.71 bits per heavy atom. The van der Waals surface area contributed by atoms with E-state index in [1.807, 2.05) is 31.7 Å². The van der Waals surface area contributed by atoms with E-state index < -0.39 is 0 Å². The minimum Gasteiger partial charge on any atom is -0.352 e. The van der Waals surface area contributed by atoms with Crippen LogP contribution >= 0.6 is 0 Å². The number of rotatable bonds is 5. The minimum atomic E-state index is -0.286. The average Bonchev–Trinajstić information content (AvgIpc) is 3.15. The van der Waals surface area contributed by atoms with E-state index in [9.17, 15) is 19.2 Å². The highest BCUT2D eigenvalue weighted by atomic mass is 16.2. The quantitative estimate of drug-likeness (QED) is 0.736. The molecule has 0 aromatic heterocycles. The summed E-state index contributed by atoms with van der Waals surface area (Å²) < 4.78 is 0. The third-order valence-corrected chi connectivity index (χ3v) is 5.90. The van der Waals surface area contributed by atoms with Crippen molar-refractivity contribution in [2.24, 2.45) is 5.92 Å². The molecule has 4 amide bonds. The summed E-state index contributed by atoms with van der Waals surface area (Å²) in [6.45, 7) is 7.44. The van der Waals surface area contributed by atoms with Gasteiger partial charge in [-0.2, -0.15) is 0 Å². The highest BCUT2D eigenvalue weighted by Crippen LogP contribution is 2.27. The molecule has 2 N–H and O–H groups in total. The Balaban J connectivity index is 1.40. The monoisotopic (exact) mass is 428 g/mol. The largest absolute Gasteiger partial charge is 0.352 e. The zero-order valence-electron chi connectivity index (χ0n) is 18.5. The normalized spacial score (nSPS) is 20.0. The maximum absolute atomic E-state index is 12.9. The van der Waals surface area contributed by atoms with E-state index in [-0.39, 0.29) is 54.1 Å². The Morgan fingerprint density at radius 3 is 2.29 bits per heavy atom. The van der Waals surface area contributed by atoms with Crippen molar-refractivity contribution in [3.8, 4) is 0 Å². The van der Waals surface area contributed by atoms with Crippen LogP contribution in [0, 0.1) is 5.92 Å². The van der Waals surface area contributed by atoms with Crippen LogP contribution < -0.4 is 10.6 Å². The molecule has 2 fully saturated rings. The van der Waals surface area contributed by atoms with Crippen LogP contribution in [0.2, 0.25) is 0 Å². The number of nitrogens with zero attached hydrogens (tertiary/aromatic N) is 2.